The summed E-state index contributed by atoms with van der Waals surface area (Å²) < 4.78 is 13.1. The van der Waals surface area contributed by atoms with Gasteiger partial charge in [0.2, 0.25) is 0 Å². The summed E-state index contributed by atoms with van der Waals surface area (Å²) in [6, 6.07) is 11.2. The van der Waals surface area contributed by atoms with E-state index in [1.807, 2.05) is 13.0 Å². The summed E-state index contributed by atoms with van der Waals surface area (Å²) in [6.07, 6.45) is -0.783. The van der Waals surface area contributed by atoms with Crippen molar-refractivity contribution in [1.82, 2.24) is 5.32 Å². The Morgan fingerprint density at radius 3 is 2.62 bits per heavy atom. The van der Waals surface area contributed by atoms with E-state index in [-0.39, 0.29) is 11.9 Å². The zero-order chi connectivity index (χ0) is 15.4. The summed E-state index contributed by atoms with van der Waals surface area (Å²) in [5.41, 5.74) is 1.43. The molecule has 2 rings (SSSR count). The van der Waals surface area contributed by atoms with Gasteiger partial charge in [-0.25, -0.2) is 4.39 Å². The van der Waals surface area contributed by atoms with Gasteiger partial charge in [-0.3, -0.25) is 0 Å². The molecule has 0 aliphatic rings. The Balaban J connectivity index is 1.99. The number of aliphatic hydroxyl groups excluding tert-OH is 1. The Bertz CT molecular complexity index is 621. The molecule has 2 aromatic carbocycles. The van der Waals surface area contributed by atoms with Gasteiger partial charge >= 0.3 is 0 Å². The Hall–Kier alpha value is -1.13. The van der Waals surface area contributed by atoms with Crippen LogP contribution in [0.5, 0.6) is 0 Å². The number of hydrogen-bond donors (Lipinski definition) is 2. The number of nitrogens with one attached hydrogen (secondary N) is 1. The molecule has 0 aliphatic heterocycles. The van der Waals surface area contributed by atoms with Crippen molar-refractivity contribution in [1.29, 1.82) is 0 Å². The summed E-state index contributed by atoms with van der Waals surface area (Å²) in [7, 11) is 0. The highest BCUT2D eigenvalue weighted by Gasteiger charge is 2.13. The summed E-state index contributed by atoms with van der Waals surface area (Å²) >= 11 is 12.0. The van der Waals surface area contributed by atoms with Crippen LogP contribution in [0.25, 0.3) is 0 Å². The first kappa shape index (κ1) is 16.2. The minimum absolute atomic E-state index is 0.0574. The van der Waals surface area contributed by atoms with Crippen molar-refractivity contribution in [3.63, 3.8) is 0 Å². The fourth-order valence-electron chi connectivity index (χ4n) is 2.08. The predicted molar refractivity (Wildman–Crippen MR) is 84.2 cm³/mol. The largest absolute Gasteiger partial charge is 0.387 e. The molecule has 0 heterocycles. The van der Waals surface area contributed by atoms with E-state index >= 15 is 0 Å². The monoisotopic (exact) mass is 327 g/mol. The van der Waals surface area contributed by atoms with Gasteiger partial charge in [0.05, 0.1) is 6.10 Å². The number of hydrogen-bond acceptors (Lipinski definition) is 2. The van der Waals surface area contributed by atoms with Crippen LogP contribution in [0.4, 0.5) is 4.39 Å². The molecule has 2 aromatic rings. The Labute approximate surface area is 133 Å². The Morgan fingerprint density at radius 2 is 1.95 bits per heavy atom. The minimum Gasteiger partial charge on any atom is -0.387 e. The maximum atomic E-state index is 13.1. The highest BCUT2D eigenvalue weighted by molar-refractivity contribution is 6.35. The lowest BCUT2D eigenvalue weighted by Gasteiger charge is -2.19. The van der Waals surface area contributed by atoms with Gasteiger partial charge in [-0.15, -0.1) is 0 Å². The third-order valence-corrected chi connectivity index (χ3v) is 3.84. The summed E-state index contributed by atoms with van der Waals surface area (Å²) in [6.45, 7) is 2.23. The molecule has 0 amide bonds. The zero-order valence-corrected chi connectivity index (χ0v) is 13.0. The topological polar surface area (TPSA) is 32.3 Å². The number of halogens is 3. The van der Waals surface area contributed by atoms with Crippen LogP contribution in [0.1, 0.15) is 30.2 Å². The molecule has 0 fully saturated rings. The van der Waals surface area contributed by atoms with E-state index in [0.29, 0.717) is 22.2 Å². The van der Waals surface area contributed by atoms with Crippen molar-refractivity contribution in [3.8, 4) is 0 Å². The van der Waals surface area contributed by atoms with Crippen LogP contribution in [0.15, 0.2) is 42.5 Å². The lowest BCUT2D eigenvalue weighted by atomic mass is 10.1. The van der Waals surface area contributed by atoms with Crippen LogP contribution >= 0.6 is 23.2 Å². The van der Waals surface area contributed by atoms with Crippen LogP contribution in [-0.4, -0.2) is 11.7 Å². The van der Waals surface area contributed by atoms with Gasteiger partial charge in [-0.1, -0.05) is 41.4 Å². The van der Waals surface area contributed by atoms with E-state index < -0.39 is 6.10 Å². The predicted octanol–water partition coefficient (Wildman–Crippen LogP) is 4.52. The van der Waals surface area contributed by atoms with E-state index in [9.17, 15) is 9.50 Å². The Morgan fingerprint density at radius 1 is 1.19 bits per heavy atom. The highest BCUT2D eigenvalue weighted by atomic mass is 35.5. The van der Waals surface area contributed by atoms with Crippen molar-refractivity contribution in [2.45, 2.75) is 19.1 Å². The van der Waals surface area contributed by atoms with Gasteiger partial charge in [0.25, 0.3) is 0 Å². The van der Waals surface area contributed by atoms with Crippen LogP contribution in [0, 0.1) is 5.82 Å². The van der Waals surface area contributed by atoms with E-state index in [2.05, 4.69) is 5.32 Å². The van der Waals surface area contributed by atoms with Crippen LogP contribution < -0.4 is 5.32 Å². The van der Waals surface area contributed by atoms with Crippen molar-refractivity contribution in [2.24, 2.45) is 0 Å². The second-order valence-corrected chi connectivity index (χ2v) is 5.71. The van der Waals surface area contributed by atoms with Crippen molar-refractivity contribution < 1.29 is 9.50 Å². The van der Waals surface area contributed by atoms with Crippen molar-refractivity contribution >= 4 is 23.2 Å². The van der Waals surface area contributed by atoms with Gasteiger partial charge in [0.15, 0.2) is 0 Å². The fraction of sp³-hybridized carbons (Fsp3) is 0.250. The van der Waals surface area contributed by atoms with E-state index in [0.717, 1.165) is 5.56 Å². The normalized spacial score (nSPS) is 14.0. The molecule has 21 heavy (non-hydrogen) atoms. The minimum atomic E-state index is -0.783. The molecular weight excluding hydrogens is 312 g/mol. The second kappa shape index (κ2) is 7.23. The summed E-state index contributed by atoms with van der Waals surface area (Å²) in [5.74, 6) is -0.361. The molecule has 112 valence electrons. The molecule has 0 radical (unpaired) electrons. The fourth-order valence-corrected chi connectivity index (χ4v) is 2.65. The van der Waals surface area contributed by atoms with Gasteiger partial charge < -0.3 is 10.4 Å². The zero-order valence-electron chi connectivity index (χ0n) is 11.5. The molecule has 0 saturated carbocycles. The van der Waals surface area contributed by atoms with E-state index in [1.165, 1.54) is 12.1 Å². The van der Waals surface area contributed by atoms with E-state index in [1.54, 1.807) is 24.3 Å². The molecule has 5 heteroatoms. The molecule has 0 aromatic heterocycles. The van der Waals surface area contributed by atoms with Crippen LogP contribution in [0.2, 0.25) is 10.0 Å². The first-order chi connectivity index (χ1) is 9.97. The average Bonchev–Trinajstić information content (AvgIpc) is 2.44. The maximum Gasteiger partial charge on any atom is 0.123 e. The standard InChI is InChI=1S/C16H16Cl2FNO/c1-10(14-6-5-12(17)8-15(14)18)20-9-16(21)11-3-2-4-13(19)7-11/h2-8,10,16,20-21H,9H2,1H3. The lowest BCUT2D eigenvalue weighted by Crippen LogP contribution is -2.25. The first-order valence-electron chi connectivity index (χ1n) is 6.59. The number of benzene rings is 2. The van der Waals surface area contributed by atoms with Crippen molar-refractivity contribution in [2.75, 3.05) is 6.54 Å². The number of aliphatic hydroxyl groups is 1. The second-order valence-electron chi connectivity index (χ2n) is 4.87. The molecule has 0 bridgehead atoms. The maximum absolute atomic E-state index is 13.1. The van der Waals surface area contributed by atoms with Crippen molar-refractivity contribution in [3.05, 3.63) is 69.5 Å². The van der Waals surface area contributed by atoms with Gasteiger partial charge in [-0.05, 0) is 42.3 Å². The quantitative estimate of drug-likeness (QED) is 0.846. The lowest BCUT2D eigenvalue weighted by molar-refractivity contribution is 0.170. The third-order valence-electron chi connectivity index (χ3n) is 3.28. The molecule has 2 atom stereocenters. The molecule has 2 N–H and O–H groups in total. The van der Waals surface area contributed by atoms with Crippen LogP contribution in [0.3, 0.4) is 0 Å². The van der Waals surface area contributed by atoms with E-state index in [4.69, 9.17) is 23.2 Å². The third kappa shape index (κ3) is 4.42. The molecular formula is C16H16Cl2FNO. The molecule has 2 nitrogen and oxygen atoms in total. The van der Waals surface area contributed by atoms with Crippen LogP contribution in [-0.2, 0) is 0 Å². The first-order valence-corrected chi connectivity index (χ1v) is 7.35. The summed E-state index contributed by atoms with van der Waals surface area (Å²) in [4.78, 5) is 0. The molecule has 0 spiro atoms. The van der Waals surface area contributed by atoms with Gasteiger partial charge in [0, 0.05) is 22.6 Å². The average molecular weight is 328 g/mol. The SMILES string of the molecule is CC(NCC(O)c1cccc(F)c1)c1ccc(Cl)cc1Cl. The number of rotatable bonds is 5. The molecule has 0 aliphatic carbocycles. The van der Waals surface area contributed by atoms with Gasteiger partial charge in [0.1, 0.15) is 5.82 Å². The summed E-state index contributed by atoms with van der Waals surface area (Å²) in [5, 5.41) is 14.4. The van der Waals surface area contributed by atoms with Gasteiger partial charge in [-0.2, -0.15) is 0 Å². The smallest absolute Gasteiger partial charge is 0.123 e. The molecule has 0 saturated heterocycles. The Kier molecular flexibility index (Phi) is 5.59. The highest BCUT2D eigenvalue weighted by Crippen LogP contribution is 2.26. The molecule has 2 unspecified atom stereocenters.